The lowest BCUT2D eigenvalue weighted by Gasteiger charge is -2.32. The normalized spacial score (nSPS) is 19.0. The molecule has 0 amide bonds. The number of ether oxygens (including phenoxy) is 1. The van der Waals surface area contributed by atoms with Crippen LogP contribution >= 0.6 is 0 Å². The Morgan fingerprint density at radius 1 is 1.33 bits per heavy atom. The predicted octanol–water partition coefficient (Wildman–Crippen LogP) is 2.83. The quantitative estimate of drug-likeness (QED) is 0.916. The van der Waals surface area contributed by atoms with E-state index < -0.39 is 0 Å². The van der Waals surface area contributed by atoms with Crippen molar-refractivity contribution in [3.8, 4) is 0 Å². The standard InChI is InChI=1S/C17H21N3O/c1-2-8-20-16(15-12-18-9-10-19-15)17-14-6-4-3-5-13(14)7-11-21-17/h3-6,9-10,12,16-17,20H,2,7-8,11H2,1H3. The van der Waals surface area contributed by atoms with Gasteiger partial charge in [-0.3, -0.25) is 9.97 Å². The minimum absolute atomic E-state index is 0.00167. The van der Waals surface area contributed by atoms with E-state index in [0.717, 1.165) is 31.7 Å². The zero-order valence-corrected chi connectivity index (χ0v) is 12.3. The molecule has 110 valence electrons. The van der Waals surface area contributed by atoms with E-state index in [1.165, 1.54) is 11.1 Å². The van der Waals surface area contributed by atoms with E-state index >= 15 is 0 Å². The van der Waals surface area contributed by atoms with Gasteiger partial charge >= 0.3 is 0 Å². The minimum Gasteiger partial charge on any atom is -0.371 e. The number of rotatable bonds is 5. The maximum atomic E-state index is 6.09. The van der Waals surface area contributed by atoms with Crippen LogP contribution in [-0.4, -0.2) is 23.1 Å². The van der Waals surface area contributed by atoms with Gasteiger partial charge in [0.15, 0.2) is 0 Å². The van der Waals surface area contributed by atoms with E-state index in [1.807, 2.05) is 6.20 Å². The molecule has 0 aliphatic carbocycles. The van der Waals surface area contributed by atoms with E-state index in [-0.39, 0.29) is 12.1 Å². The molecule has 21 heavy (non-hydrogen) atoms. The van der Waals surface area contributed by atoms with Crippen LogP contribution in [-0.2, 0) is 11.2 Å². The van der Waals surface area contributed by atoms with Gasteiger partial charge in [-0.2, -0.15) is 0 Å². The van der Waals surface area contributed by atoms with Crippen LogP contribution < -0.4 is 5.32 Å². The average Bonchev–Trinajstić information content (AvgIpc) is 2.56. The van der Waals surface area contributed by atoms with Crippen LogP contribution in [0, 0.1) is 0 Å². The molecule has 0 spiro atoms. The monoisotopic (exact) mass is 283 g/mol. The van der Waals surface area contributed by atoms with Gasteiger partial charge in [0.2, 0.25) is 0 Å². The van der Waals surface area contributed by atoms with E-state index in [2.05, 4.69) is 46.5 Å². The van der Waals surface area contributed by atoms with Crippen LogP contribution in [0.25, 0.3) is 0 Å². The highest BCUT2D eigenvalue weighted by Gasteiger charge is 2.30. The van der Waals surface area contributed by atoms with Crippen LogP contribution in [0.3, 0.4) is 0 Å². The summed E-state index contributed by atoms with van der Waals surface area (Å²) in [6.45, 7) is 3.85. The van der Waals surface area contributed by atoms with Crippen molar-refractivity contribution in [1.29, 1.82) is 0 Å². The highest BCUT2D eigenvalue weighted by molar-refractivity contribution is 5.33. The summed E-state index contributed by atoms with van der Waals surface area (Å²) >= 11 is 0. The maximum absolute atomic E-state index is 6.09. The molecule has 1 aromatic carbocycles. The van der Waals surface area contributed by atoms with Crippen LogP contribution in [0.4, 0.5) is 0 Å². The number of nitrogens with zero attached hydrogens (tertiary/aromatic N) is 2. The summed E-state index contributed by atoms with van der Waals surface area (Å²) < 4.78 is 6.09. The molecular formula is C17H21N3O. The lowest BCUT2D eigenvalue weighted by Crippen LogP contribution is -2.32. The molecule has 1 aliphatic rings. The van der Waals surface area contributed by atoms with Crippen molar-refractivity contribution in [2.75, 3.05) is 13.2 Å². The number of hydrogen-bond acceptors (Lipinski definition) is 4. The van der Waals surface area contributed by atoms with Crippen molar-refractivity contribution >= 4 is 0 Å². The smallest absolute Gasteiger partial charge is 0.104 e. The number of nitrogens with one attached hydrogen (secondary N) is 1. The third kappa shape index (κ3) is 3.12. The first-order chi connectivity index (χ1) is 10.4. The second-order valence-electron chi connectivity index (χ2n) is 5.30. The van der Waals surface area contributed by atoms with Gasteiger partial charge < -0.3 is 10.1 Å². The zero-order valence-electron chi connectivity index (χ0n) is 12.3. The summed E-state index contributed by atoms with van der Waals surface area (Å²) in [7, 11) is 0. The third-order valence-corrected chi connectivity index (χ3v) is 3.85. The minimum atomic E-state index is -0.00167. The Morgan fingerprint density at radius 3 is 3.05 bits per heavy atom. The molecule has 1 aliphatic heterocycles. The molecule has 2 aromatic rings. The molecule has 0 bridgehead atoms. The molecule has 2 unspecified atom stereocenters. The molecular weight excluding hydrogens is 262 g/mol. The molecule has 0 saturated carbocycles. The van der Waals surface area contributed by atoms with Crippen molar-refractivity contribution in [3.63, 3.8) is 0 Å². The topological polar surface area (TPSA) is 47.0 Å². The molecule has 4 nitrogen and oxygen atoms in total. The summed E-state index contributed by atoms with van der Waals surface area (Å²) in [6.07, 6.45) is 7.33. The molecule has 2 atom stereocenters. The average molecular weight is 283 g/mol. The first-order valence-corrected chi connectivity index (χ1v) is 7.59. The van der Waals surface area contributed by atoms with Gasteiger partial charge in [-0.25, -0.2) is 0 Å². The zero-order chi connectivity index (χ0) is 14.5. The fourth-order valence-corrected chi connectivity index (χ4v) is 2.84. The fourth-order valence-electron chi connectivity index (χ4n) is 2.84. The highest BCUT2D eigenvalue weighted by Crippen LogP contribution is 2.36. The van der Waals surface area contributed by atoms with Gasteiger partial charge in [-0.05, 0) is 30.5 Å². The summed E-state index contributed by atoms with van der Waals surface area (Å²) in [5.74, 6) is 0. The number of aromatic nitrogens is 2. The van der Waals surface area contributed by atoms with Crippen molar-refractivity contribution in [1.82, 2.24) is 15.3 Å². The van der Waals surface area contributed by atoms with Crippen molar-refractivity contribution in [3.05, 3.63) is 59.7 Å². The third-order valence-electron chi connectivity index (χ3n) is 3.85. The van der Waals surface area contributed by atoms with Crippen molar-refractivity contribution in [2.45, 2.75) is 31.9 Å². The number of fused-ring (bicyclic) bond motifs is 1. The summed E-state index contributed by atoms with van der Waals surface area (Å²) in [6, 6.07) is 8.57. The summed E-state index contributed by atoms with van der Waals surface area (Å²) in [4.78, 5) is 8.68. The molecule has 2 heterocycles. The van der Waals surface area contributed by atoms with Crippen LogP contribution in [0.5, 0.6) is 0 Å². The highest BCUT2D eigenvalue weighted by atomic mass is 16.5. The lowest BCUT2D eigenvalue weighted by atomic mass is 9.92. The van der Waals surface area contributed by atoms with Gasteiger partial charge in [-0.1, -0.05) is 31.2 Å². The first-order valence-electron chi connectivity index (χ1n) is 7.59. The lowest BCUT2D eigenvalue weighted by molar-refractivity contribution is 0.0137. The summed E-state index contributed by atoms with van der Waals surface area (Å²) in [5.41, 5.74) is 3.58. The van der Waals surface area contributed by atoms with Gasteiger partial charge in [0, 0.05) is 12.4 Å². The number of hydrogen-bond donors (Lipinski definition) is 1. The Labute approximate surface area is 125 Å². The van der Waals surface area contributed by atoms with Crippen molar-refractivity contribution < 1.29 is 4.74 Å². The molecule has 0 radical (unpaired) electrons. The first kappa shape index (κ1) is 14.2. The molecule has 0 fully saturated rings. The summed E-state index contributed by atoms with van der Waals surface area (Å²) in [5, 5.41) is 3.57. The largest absolute Gasteiger partial charge is 0.371 e. The molecule has 0 saturated heterocycles. The van der Waals surface area contributed by atoms with E-state index in [9.17, 15) is 0 Å². The van der Waals surface area contributed by atoms with Crippen LogP contribution in [0.2, 0.25) is 0 Å². The van der Waals surface area contributed by atoms with Gasteiger partial charge in [0.25, 0.3) is 0 Å². The molecule has 3 rings (SSSR count). The van der Waals surface area contributed by atoms with E-state index in [0.29, 0.717) is 0 Å². The van der Waals surface area contributed by atoms with E-state index in [4.69, 9.17) is 4.74 Å². The molecule has 1 N–H and O–H groups in total. The Balaban J connectivity index is 1.94. The molecule has 1 aromatic heterocycles. The Kier molecular flexibility index (Phi) is 4.58. The Bertz CT molecular complexity index is 573. The maximum Gasteiger partial charge on any atom is 0.104 e. The second-order valence-corrected chi connectivity index (χ2v) is 5.30. The van der Waals surface area contributed by atoms with Crippen LogP contribution in [0.15, 0.2) is 42.9 Å². The predicted molar refractivity (Wildman–Crippen MR) is 81.9 cm³/mol. The van der Waals surface area contributed by atoms with Crippen LogP contribution in [0.1, 0.15) is 42.3 Å². The Morgan fingerprint density at radius 2 is 2.24 bits per heavy atom. The Hall–Kier alpha value is -1.78. The fraction of sp³-hybridized carbons (Fsp3) is 0.412. The molecule has 4 heteroatoms. The van der Waals surface area contributed by atoms with Crippen molar-refractivity contribution in [2.24, 2.45) is 0 Å². The van der Waals surface area contributed by atoms with Gasteiger partial charge in [-0.15, -0.1) is 0 Å². The SMILES string of the molecule is CCCNC(c1cnccn1)C1OCCc2ccccc21. The van der Waals surface area contributed by atoms with Gasteiger partial charge in [0.1, 0.15) is 6.10 Å². The van der Waals surface area contributed by atoms with E-state index in [1.54, 1.807) is 12.4 Å². The number of benzene rings is 1. The second kappa shape index (κ2) is 6.78. The van der Waals surface area contributed by atoms with Gasteiger partial charge in [0.05, 0.1) is 24.5 Å².